The van der Waals surface area contributed by atoms with E-state index in [1.165, 1.54) is 10.9 Å². The van der Waals surface area contributed by atoms with E-state index >= 15 is 0 Å². The molecule has 1 atom stereocenters. The Morgan fingerprint density at radius 3 is 3.00 bits per heavy atom. The van der Waals surface area contributed by atoms with Gasteiger partial charge in [-0.25, -0.2) is 9.48 Å². The highest BCUT2D eigenvalue weighted by Gasteiger charge is 2.24. The van der Waals surface area contributed by atoms with Crippen LogP contribution in [0.4, 0.5) is 0 Å². The average Bonchev–Trinajstić information content (AvgIpc) is 2.98. The molecule has 0 saturated carbocycles. The zero-order chi connectivity index (χ0) is 13.1. The lowest BCUT2D eigenvalue weighted by atomic mass is 10.2. The van der Waals surface area contributed by atoms with Crippen molar-refractivity contribution >= 4 is 11.9 Å². The van der Waals surface area contributed by atoms with Gasteiger partial charge in [-0.15, -0.1) is 5.10 Å². The summed E-state index contributed by atoms with van der Waals surface area (Å²) in [5.41, 5.74) is -0.172. The fraction of sp³-hybridized carbons (Fsp3) is 0.600. The minimum Gasteiger partial charge on any atom is -0.476 e. The summed E-state index contributed by atoms with van der Waals surface area (Å²) in [4.78, 5) is 24.1. The third-order valence-electron chi connectivity index (χ3n) is 2.90. The average molecular weight is 254 g/mol. The van der Waals surface area contributed by atoms with Crippen LogP contribution < -0.4 is 0 Å². The number of likely N-dealkylation sites (N-methyl/N-ethyl adjacent to an activating group) is 1. The number of carbonyl (C=O) groups excluding carboxylic acids is 1. The Hall–Kier alpha value is -1.96. The Bertz CT molecular complexity index is 452. The van der Waals surface area contributed by atoms with Crippen molar-refractivity contribution in [2.24, 2.45) is 0 Å². The first-order valence-electron chi connectivity index (χ1n) is 5.54. The molecule has 1 N–H and O–H groups in total. The number of carboxylic acid groups (broad SMARTS) is 1. The van der Waals surface area contributed by atoms with Crippen molar-refractivity contribution in [3.63, 3.8) is 0 Å². The maximum absolute atomic E-state index is 11.9. The first-order chi connectivity index (χ1) is 8.58. The van der Waals surface area contributed by atoms with Crippen LogP contribution >= 0.6 is 0 Å². The number of amides is 1. The lowest BCUT2D eigenvalue weighted by Crippen LogP contribution is -2.39. The van der Waals surface area contributed by atoms with E-state index in [9.17, 15) is 9.59 Å². The molecule has 2 rings (SSSR count). The minimum atomic E-state index is -1.16. The number of aromatic carboxylic acids is 1. The van der Waals surface area contributed by atoms with Crippen LogP contribution in [0, 0.1) is 0 Å². The van der Waals surface area contributed by atoms with Crippen LogP contribution in [-0.4, -0.2) is 63.2 Å². The van der Waals surface area contributed by atoms with Crippen LogP contribution in [0.1, 0.15) is 16.9 Å². The Morgan fingerprint density at radius 1 is 1.67 bits per heavy atom. The van der Waals surface area contributed by atoms with Crippen molar-refractivity contribution in [3.05, 3.63) is 11.9 Å². The Morgan fingerprint density at radius 2 is 2.44 bits per heavy atom. The minimum absolute atomic E-state index is 0.0206. The lowest BCUT2D eigenvalue weighted by molar-refractivity contribution is -0.132. The van der Waals surface area contributed by atoms with Gasteiger partial charge in [-0.1, -0.05) is 5.21 Å². The van der Waals surface area contributed by atoms with Gasteiger partial charge in [0, 0.05) is 13.7 Å². The highest BCUT2D eigenvalue weighted by molar-refractivity contribution is 5.84. The van der Waals surface area contributed by atoms with Crippen molar-refractivity contribution in [3.8, 4) is 0 Å². The first-order valence-corrected chi connectivity index (χ1v) is 5.54. The summed E-state index contributed by atoms with van der Waals surface area (Å²) in [6.07, 6.45) is 2.05. The van der Waals surface area contributed by atoms with Gasteiger partial charge in [0.15, 0.2) is 5.69 Å². The summed E-state index contributed by atoms with van der Waals surface area (Å²) < 4.78 is 6.43. The molecule has 2 heterocycles. The topological polar surface area (TPSA) is 97.6 Å². The molecule has 0 aliphatic carbocycles. The molecule has 0 spiro atoms. The molecule has 8 nitrogen and oxygen atoms in total. The monoisotopic (exact) mass is 254 g/mol. The van der Waals surface area contributed by atoms with Crippen LogP contribution in [0.25, 0.3) is 0 Å². The number of carbonyl (C=O) groups is 2. The lowest BCUT2D eigenvalue weighted by Gasteiger charge is -2.22. The third kappa shape index (κ3) is 2.65. The summed E-state index contributed by atoms with van der Waals surface area (Å²) >= 11 is 0. The number of rotatable bonds is 4. The molecule has 0 aromatic carbocycles. The second-order valence-corrected chi connectivity index (χ2v) is 4.13. The molecule has 0 radical (unpaired) electrons. The highest BCUT2D eigenvalue weighted by atomic mass is 16.5. The molecule has 1 amide bonds. The van der Waals surface area contributed by atoms with E-state index in [1.54, 1.807) is 11.9 Å². The quantitative estimate of drug-likeness (QED) is 0.757. The zero-order valence-corrected chi connectivity index (χ0v) is 9.94. The van der Waals surface area contributed by atoms with Crippen molar-refractivity contribution in [2.45, 2.75) is 19.0 Å². The first kappa shape index (κ1) is 12.5. The third-order valence-corrected chi connectivity index (χ3v) is 2.90. The van der Waals surface area contributed by atoms with Gasteiger partial charge in [-0.3, -0.25) is 4.79 Å². The van der Waals surface area contributed by atoms with E-state index in [2.05, 4.69) is 10.3 Å². The number of hydrogen-bond donors (Lipinski definition) is 1. The molecule has 1 saturated heterocycles. The fourth-order valence-electron chi connectivity index (χ4n) is 1.75. The van der Waals surface area contributed by atoms with Gasteiger partial charge in [-0.2, -0.15) is 0 Å². The van der Waals surface area contributed by atoms with E-state index in [0.29, 0.717) is 13.2 Å². The molecule has 8 heteroatoms. The molecule has 1 aromatic heterocycles. The number of nitrogens with zero attached hydrogens (tertiary/aromatic N) is 4. The summed E-state index contributed by atoms with van der Waals surface area (Å²) in [5, 5.41) is 15.7. The van der Waals surface area contributed by atoms with E-state index in [1.807, 2.05) is 0 Å². The van der Waals surface area contributed by atoms with Gasteiger partial charge in [0.05, 0.1) is 18.8 Å². The van der Waals surface area contributed by atoms with Crippen molar-refractivity contribution in [2.75, 3.05) is 20.3 Å². The highest BCUT2D eigenvalue weighted by Crippen LogP contribution is 2.11. The summed E-state index contributed by atoms with van der Waals surface area (Å²) in [7, 11) is 1.71. The molecule has 98 valence electrons. The Balaban J connectivity index is 1.95. The Kier molecular flexibility index (Phi) is 3.56. The van der Waals surface area contributed by atoms with Gasteiger partial charge in [-0.05, 0) is 6.42 Å². The van der Waals surface area contributed by atoms with Crippen LogP contribution in [0.15, 0.2) is 6.20 Å². The van der Waals surface area contributed by atoms with E-state index in [-0.39, 0.29) is 24.2 Å². The van der Waals surface area contributed by atoms with Gasteiger partial charge in [0.1, 0.15) is 6.54 Å². The maximum atomic E-state index is 11.9. The number of hydrogen-bond acceptors (Lipinski definition) is 5. The number of ether oxygens (including phenoxy) is 1. The molecule has 0 bridgehead atoms. The van der Waals surface area contributed by atoms with Gasteiger partial charge in [0.2, 0.25) is 5.91 Å². The summed E-state index contributed by atoms with van der Waals surface area (Å²) in [5.74, 6) is -1.31. The zero-order valence-electron chi connectivity index (χ0n) is 9.94. The molecular weight excluding hydrogens is 240 g/mol. The maximum Gasteiger partial charge on any atom is 0.358 e. The second kappa shape index (κ2) is 5.13. The van der Waals surface area contributed by atoms with Crippen molar-refractivity contribution in [1.82, 2.24) is 19.9 Å². The van der Waals surface area contributed by atoms with Crippen LogP contribution in [0.2, 0.25) is 0 Å². The molecule has 18 heavy (non-hydrogen) atoms. The Labute approximate surface area is 103 Å². The molecule has 1 aliphatic rings. The van der Waals surface area contributed by atoms with Crippen LogP contribution in [0.5, 0.6) is 0 Å². The SMILES string of the molecule is CN(C(=O)Cn1cc(C(=O)O)nn1)C1CCOC1. The van der Waals surface area contributed by atoms with Crippen molar-refractivity contribution in [1.29, 1.82) is 0 Å². The second-order valence-electron chi connectivity index (χ2n) is 4.13. The summed E-state index contributed by atoms with van der Waals surface area (Å²) in [6, 6.07) is 0.0833. The van der Waals surface area contributed by atoms with Gasteiger partial charge in [0.25, 0.3) is 0 Å². The van der Waals surface area contributed by atoms with Crippen LogP contribution in [-0.2, 0) is 16.1 Å². The van der Waals surface area contributed by atoms with Crippen molar-refractivity contribution < 1.29 is 19.4 Å². The summed E-state index contributed by atoms with van der Waals surface area (Å²) in [6.45, 7) is 1.18. The normalized spacial score (nSPS) is 18.8. The molecule has 1 unspecified atom stereocenters. The smallest absolute Gasteiger partial charge is 0.358 e. The predicted molar refractivity (Wildman–Crippen MR) is 59.0 cm³/mol. The van der Waals surface area contributed by atoms with E-state index in [0.717, 1.165) is 6.42 Å². The van der Waals surface area contributed by atoms with Gasteiger partial charge < -0.3 is 14.7 Å². The molecule has 1 aromatic rings. The largest absolute Gasteiger partial charge is 0.476 e. The molecule has 1 aliphatic heterocycles. The molecule has 1 fully saturated rings. The van der Waals surface area contributed by atoms with Crippen LogP contribution in [0.3, 0.4) is 0 Å². The van der Waals surface area contributed by atoms with Gasteiger partial charge >= 0.3 is 5.97 Å². The standard InChI is InChI=1S/C10H14N4O4/c1-13(7-2-3-18-6-7)9(15)5-14-4-8(10(16)17)11-12-14/h4,7H,2-3,5-6H2,1H3,(H,16,17). The number of carboxylic acids is 1. The number of aromatic nitrogens is 3. The fourth-order valence-corrected chi connectivity index (χ4v) is 1.75. The molecular formula is C10H14N4O4. The predicted octanol–water partition coefficient (Wildman–Crippen LogP) is -0.776. The van der Waals surface area contributed by atoms with E-state index < -0.39 is 5.97 Å². The van der Waals surface area contributed by atoms with E-state index in [4.69, 9.17) is 9.84 Å².